The van der Waals surface area contributed by atoms with Gasteiger partial charge in [-0.1, -0.05) is 55.1 Å². The van der Waals surface area contributed by atoms with Gasteiger partial charge in [0.05, 0.1) is 11.2 Å². The second kappa shape index (κ2) is 7.61. The van der Waals surface area contributed by atoms with E-state index in [2.05, 4.69) is 66.6 Å². The summed E-state index contributed by atoms with van der Waals surface area (Å²) >= 11 is 0. The van der Waals surface area contributed by atoms with Crippen molar-refractivity contribution in [2.75, 3.05) is 0 Å². The summed E-state index contributed by atoms with van der Waals surface area (Å²) in [5.74, 6) is 1.63. The Balaban J connectivity index is 1.99. The first kappa shape index (κ1) is 17.9. The highest BCUT2D eigenvalue weighted by molar-refractivity contribution is 5.94. The lowest BCUT2D eigenvalue weighted by molar-refractivity contribution is 0.447. The van der Waals surface area contributed by atoms with Crippen molar-refractivity contribution < 1.29 is 4.74 Å². The second-order valence-corrected chi connectivity index (χ2v) is 6.85. The van der Waals surface area contributed by atoms with Gasteiger partial charge in [-0.3, -0.25) is 0 Å². The van der Waals surface area contributed by atoms with Crippen molar-refractivity contribution in [3.05, 3.63) is 114 Å². The highest BCUT2D eigenvalue weighted by atomic mass is 16.5. The standard InChI is InChI=1S/C26H23NO/c1-4-5-7-12-22-17-19(2)14-16-24-26(28-22)23-15-13-20(3)18-25(23)27(24)21-10-8-6-9-11-21/h4-18H,2H2,1,3H3/b5-4-,12-7-,16-14-,22-17-. The number of aromatic nitrogens is 1. The fraction of sp³-hybridized carbons (Fsp3) is 0.0769. The number of rotatable bonds is 3. The van der Waals surface area contributed by atoms with Crippen molar-refractivity contribution in [2.45, 2.75) is 13.8 Å². The number of hydrogen-bond donors (Lipinski definition) is 0. The minimum Gasteiger partial charge on any atom is -0.454 e. The average molecular weight is 365 g/mol. The molecule has 0 unspecified atom stereocenters. The molecule has 0 radical (unpaired) electrons. The fourth-order valence-corrected chi connectivity index (χ4v) is 3.41. The van der Waals surface area contributed by atoms with E-state index in [1.165, 1.54) is 5.56 Å². The van der Waals surface area contributed by atoms with Gasteiger partial charge in [0.1, 0.15) is 5.76 Å². The van der Waals surface area contributed by atoms with Crippen LogP contribution in [0.1, 0.15) is 18.2 Å². The molecule has 2 aromatic carbocycles. The molecule has 138 valence electrons. The molecule has 1 aliphatic heterocycles. The summed E-state index contributed by atoms with van der Waals surface area (Å²) in [7, 11) is 0. The van der Waals surface area contributed by atoms with Crippen LogP contribution in [0.5, 0.6) is 5.75 Å². The lowest BCUT2D eigenvalue weighted by Gasteiger charge is -2.13. The Kier molecular flexibility index (Phi) is 4.86. The van der Waals surface area contributed by atoms with Gasteiger partial charge in [0.15, 0.2) is 5.75 Å². The molecule has 0 amide bonds. The van der Waals surface area contributed by atoms with Crippen LogP contribution < -0.4 is 4.74 Å². The van der Waals surface area contributed by atoms with E-state index in [4.69, 9.17) is 4.74 Å². The zero-order valence-corrected chi connectivity index (χ0v) is 16.2. The molecule has 0 spiro atoms. The molecule has 0 fully saturated rings. The van der Waals surface area contributed by atoms with Crippen LogP contribution in [-0.2, 0) is 0 Å². The number of fused-ring (bicyclic) bond motifs is 3. The molecule has 3 aromatic rings. The second-order valence-electron chi connectivity index (χ2n) is 6.85. The summed E-state index contributed by atoms with van der Waals surface area (Å²) in [6.07, 6.45) is 14.0. The van der Waals surface area contributed by atoms with Crippen molar-refractivity contribution in [3.8, 4) is 11.4 Å². The average Bonchev–Trinajstić information content (AvgIpc) is 2.97. The van der Waals surface area contributed by atoms with E-state index in [9.17, 15) is 0 Å². The third-order valence-corrected chi connectivity index (χ3v) is 4.69. The van der Waals surface area contributed by atoms with Gasteiger partial charge in [0.2, 0.25) is 0 Å². The molecule has 2 nitrogen and oxygen atoms in total. The maximum atomic E-state index is 6.42. The Bertz CT molecular complexity index is 1150. The molecule has 2 heteroatoms. The predicted molar refractivity (Wildman–Crippen MR) is 119 cm³/mol. The summed E-state index contributed by atoms with van der Waals surface area (Å²) in [5.41, 5.74) is 5.36. The highest BCUT2D eigenvalue weighted by Crippen LogP contribution is 2.39. The summed E-state index contributed by atoms with van der Waals surface area (Å²) in [4.78, 5) is 0. The predicted octanol–water partition coefficient (Wildman–Crippen LogP) is 6.92. The highest BCUT2D eigenvalue weighted by Gasteiger charge is 2.20. The van der Waals surface area contributed by atoms with E-state index in [1.54, 1.807) is 0 Å². The van der Waals surface area contributed by atoms with Crippen LogP contribution in [0, 0.1) is 6.92 Å². The lowest BCUT2D eigenvalue weighted by Crippen LogP contribution is -2.00. The molecular formula is C26H23NO. The Morgan fingerprint density at radius 1 is 1.00 bits per heavy atom. The maximum Gasteiger partial charge on any atom is 0.160 e. The van der Waals surface area contributed by atoms with Gasteiger partial charge in [-0.25, -0.2) is 0 Å². The number of para-hydroxylation sites is 1. The van der Waals surface area contributed by atoms with Crippen molar-refractivity contribution in [2.24, 2.45) is 0 Å². The minimum absolute atomic E-state index is 0.765. The Morgan fingerprint density at radius 3 is 2.61 bits per heavy atom. The van der Waals surface area contributed by atoms with Crippen LogP contribution in [-0.4, -0.2) is 4.57 Å². The number of hydrogen-bond acceptors (Lipinski definition) is 1. The van der Waals surface area contributed by atoms with Gasteiger partial charge < -0.3 is 9.30 Å². The van der Waals surface area contributed by atoms with E-state index >= 15 is 0 Å². The minimum atomic E-state index is 0.765. The van der Waals surface area contributed by atoms with E-state index < -0.39 is 0 Å². The number of ether oxygens (including phenoxy) is 1. The Hall–Kier alpha value is -3.52. The largest absolute Gasteiger partial charge is 0.454 e. The first-order valence-electron chi connectivity index (χ1n) is 9.44. The SMILES string of the molecule is C=C1/C=C\c2c(c3ccc(C)cc3n2-c2ccccc2)OC(/C=C\C=C/C)=C\1. The molecule has 1 aliphatic rings. The Morgan fingerprint density at radius 2 is 1.82 bits per heavy atom. The van der Waals surface area contributed by atoms with Crippen LogP contribution in [0.15, 0.2) is 103 Å². The monoisotopic (exact) mass is 365 g/mol. The fourth-order valence-electron chi connectivity index (χ4n) is 3.41. The summed E-state index contributed by atoms with van der Waals surface area (Å²) < 4.78 is 8.67. The van der Waals surface area contributed by atoms with Crippen molar-refractivity contribution >= 4 is 17.0 Å². The third kappa shape index (κ3) is 3.37. The molecule has 1 aromatic heterocycles. The van der Waals surface area contributed by atoms with Crippen molar-refractivity contribution in [3.63, 3.8) is 0 Å². The molecule has 4 rings (SSSR count). The third-order valence-electron chi connectivity index (χ3n) is 4.69. The normalized spacial score (nSPS) is 17.2. The number of nitrogens with zero attached hydrogens (tertiary/aromatic N) is 1. The lowest BCUT2D eigenvalue weighted by atomic mass is 10.1. The van der Waals surface area contributed by atoms with Gasteiger partial charge >= 0.3 is 0 Å². The smallest absolute Gasteiger partial charge is 0.160 e. The van der Waals surface area contributed by atoms with Crippen LogP contribution in [0.2, 0.25) is 0 Å². The first-order chi connectivity index (χ1) is 13.7. The molecule has 28 heavy (non-hydrogen) atoms. The zero-order valence-electron chi connectivity index (χ0n) is 16.2. The van der Waals surface area contributed by atoms with E-state index in [0.29, 0.717) is 0 Å². The van der Waals surface area contributed by atoms with E-state index in [0.717, 1.165) is 39.4 Å². The Labute approximate surface area is 166 Å². The maximum absolute atomic E-state index is 6.42. The van der Waals surface area contributed by atoms with Crippen LogP contribution in [0.25, 0.3) is 22.7 Å². The van der Waals surface area contributed by atoms with E-state index in [1.807, 2.05) is 49.4 Å². The van der Waals surface area contributed by atoms with Crippen molar-refractivity contribution in [1.29, 1.82) is 0 Å². The van der Waals surface area contributed by atoms with Crippen molar-refractivity contribution in [1.82, 2.24) is 4.57 Å². The molecule has 0 saturated carbocycles. The molecule has 0 atom stereocenters. The number of allylic oxidation sites excluding steroid dienone is 7. The molecule has 0 aliphatic carbocycles. The number of aryl methyl sites for hydroxylation is 1. The molecular weight excluding hydrogens is 342 g/mol. The quantitative estimate of drug-likeness (QED) is 0.460. The first-order valence-corrected chi connectivity index (χ1v) is 9.44. The van der Waals surface area contributed by atoms with Gasteiger partial charge in [0, 0.05) is 11.1 Å². The molecule has 0 bridgehead atoms. The molecule has 0 saturated heterocycles. The zero-order chi connectivity index (χ0) is 19.5. The van der Waals surface area contributed by atoms with Gasteiger partial charge in [-0.05, 0) is 67.5 Å². The number of benzene rings is 2. The van der Waals surface area contributed by atoms with Crippen LogP contribution >= 0.6 is 0 Å². The molecule has 2 heterocycles. The van der Waals surface area contributed by atoms with E-state index in [-0.39, 0.29) is 0 Å². The van der Waals surface area contributed by atoms with Gasteiger partial charge in [-0.15, -0.1) is 0 Å². The summed E-state index contributed by atoms with van der Waals surface area (Å²) in [6, 6.07) is 16.9. The van der Waals surface area contributed by atoms with Gasteiger partial charge in [0.25, 0.3) is 0 Å². The van der Waals surface area contributed by atoms with Gasteiger partial charge in [-0.2, -0.15) is 0 Å². The van der Waals surface area contributed by atoms with Crippen LogP contribution in [0.3, 0.4) is 0 Å². The summed E-state index contributed by atoms with van der Waals surface area (Å²) in [5, 5.41) is 1.09. The summed E-state index contributed by atoms with van der Waals surface area (Å²) in [6.45, 7) is 8.24. The molecule has 0 N–H and O–H groups in total. The topological polar surface area (TPSA) is 14.2 Å². The van der Waals surface area contributed by atoms with Crippen LogP contribution in [0.4, 0.5) is 0 Å².